The van der Waals surface area contributed by atoms with Gasteiger partial charge in [-0.3, -0.25) is 0 Å². The Hall–Kier alpha value is 11.7. The van der Waals surface area contributed by atoms with Crippen LogP contribution >= 0.6 is 0 Å². The maximum absolute atomic E-state index is 0. The molecule has 0 fully saturated rings. The van der Waals surface area contributed by atoms with Gasteiger partial charge in [0.2, 0.25) is 0 Å². The van der Waals surface area contributed by atoms with Gasteiger partial charge in [0.05, 0.1) is 0 Å². The van der Waals surface area contributed by atoms with Crippen LogP contribution in [0.5, 0.6) is 0 Å². The second kappa shape index (κ2) is 198. The van der Waals surface area contributed by atoms with E-state index in [0.717, 1.165) is 0 Å². The average Bonchev–Trinajstić information content (AvgIpc) is 0. The van der Waals surface area contributed by atoms with Crippen LogP contribution in [-0.2, 0) is 371 Å². The van der Waals surface area contributed by atoms with Crippen LogP contribution in [-0.4, -0.2) is 0 Å². The monoisotopic (exact) mass is 1020 g/mol. The molecule has 0 aliphatic heterocycles. The van der Waals surface area contributed by atoms with E-state index in [0.29, 0.717) is 0 Å². The topological polar surface area (TPSA) is 0 Å². The predicted molar refractivity (Wildman–Crippen MR) is 0 cm³/mol. The summed E-state index contributed by atoms with van der Waals surface area (Å²) in [6.45, 7) is 0. The Morgan fingerprint density at radius 1 is 0.0500 bits per heavy atom. The summed E-state index contributed by atoms with van der Waals surface area (Å²) in [5.74, 6) is 0. The average molecular weight is 1020 g/mol. The van der Waals surface area contributed by atoms with E-state index in [4.69, 9.17) is 0 Å². The fourth-order valence-corrected chi connectivity index (χ4v) is 0. The normalized spacial score (nSPS) is 0. The van der Waals surface area contributed by atoms with Crippen molar-refractivity contribution < 1.29 is 371 Å². The largest absolute Gasteiger partial charge is 0 e. The van der Waals surface area contributed by atoms with Crippen molar-refractivity contribution in [3.63, 3.8) is 0 Å². The first kappa shape index (κ1) is 218. The molecule has 100 valence electrons. The summed E-state index contributed by atoms with van der Waals surface area (Å²) < 4.78 is 0. The molecule has 20 radical (unpaired) electrons. The van der Waals surface area contributed by atoms with Gasteiger partial charge in [-0.05, 0) is 0 Å². The molecule has 0 bridgehead atoms. The van der Waals surface area contributed by atoms with E-state index in [1.54, 1.807) is 0 Å². The SMILES string of the molecule is [V].[V].[V].[V].[V].[V].[V].[V].[V].[V].[V].[V].[V].[V].[V].[V].[V].[V].[V].[V]. The zero-order valence-electron chi connectivity index (χ0n) is 8.94. The molecule has 0 rings (SSSR count). The van der Waals surface area contributed by atoms with Gasteiger partial charge in [-0.25, -0.2) is 0 Å². The van der Waals surface area contributed by atoms with Crippen LogP contribution in [0.2, 0.25) is 0 Å². The second-order valence-corrected chi connectivity index (χ2v) is 0. The molecule has 0 N–H and O–H groups in total. The Bertz CT molecular complexity index is 0. The zero-order valence-corrected chi connectivity index (χ0v) is 36.9. The standard InChI is InChI=1S/20V. The summed E-state index contributed by atoms with van der Waals surface area (Å²) in [6.07, 6.45) is 0. The molecular formula is V20. The molecule has 0 atom stereocenters. The fraction of sp³-hybridized carbons (Fsp3) is 0. The zero-order chi connectivity index (χ0) is 0. The summed E-state index contributed by atoms with van der Waals surface area (Å²) in [5.41, 5.74) is 0. The molecule has 0 nitrogen and oxygen atoms in total. The van der Waals surface area contributed by atoms with E-state index >= 15 is 0 Å². The van der Waals surface area contributed by atoms with E-state index in [1.807, 2.05) is 0 Å². The molecule has 0 aromatic carbocycles. The summed E-state index contributed by atoms with van der Waals surface area (Å²) in [7, 11) is 0. The summed E-state index contributed by atoms with van der Waals surface area (Å²) in [4.78, 5) is 0. The van der Waals surface area contributed by atoms with E-state index in [-0.39, 0.29) is 371 Å². The minimum absolute atomic E-state index is 0. The van der Waals surface area contributed by atoms with Gasteiger partial charge < -0.3 is 0 Å². The molecular weight excluding hydrogens is 1020 g/mol. The van der Waals surface area contributed by atoms with Gasteiger partial charge in [0.15, 0.2) is 0 Å². The third kappa shape index (κ3) is 179. The molecule has 0 aromatic rings. The van der Waals surface area contributed by atoms with E-state index in [2.05, 4.69) is 0 Å². The van der Waals surface area contributed by atoms with Crippen molar-refractivity contribution in [2.45, 2.75) is 0 Å². The van der Waals surface area contributed by atoms with Crippen LogP contribution in [0.25, 0.3) is 0 Å². The van der Waals surface area contributed by atoms with Crippen LogP contribution in [0.15, 0.2) is 0 Å². The van der Waals surface area contributed by atoms with Gasteiger partial charge in [0, 0.05) is 371 Å². The molecule has 20 heteroatoms. The molecule has 0 amide bonds. The maximum Gasteiger partial charge on any atom is 0 e. The first-order valence-electron chi connectivity index (χ1n) is 0. The van der Waals surface area contributed by atoms with E-state index < -0.39 is 0 Å². The summed E-state index contributed by atoms with van der Waals surface area (Å²) in [6, 6.07) is 0. The second-order valence-electron chi connectivity index (χ2n) is 0. The fourth-order valence-electron chi connectivity index (χ4n) is 0. The Labute approximate surface area is 362 Å². The third-order valence-electron chi connectivity index (χ3n) is 0. The van der Waals surface area contributed by atoms with Crippen molar-refractivity contribution in [1.29, 1.82) is 0 Å². The van der Waals surface area contributed by atoms with Crippen molar-refractivity contribution in [1.82, 2.24) is 0 Å². The Balaban J connectivity index is 0. The molecule has 0 spiro atoms. The molecule has 0 saturated carbocycles. The van der Waals surface area contributed by atoms with Crippen LogP contribution in [0, 0.1) is 0 Å². The smallest absolute Gasteiger partial charge is 0 e. The maximum atomic E-state index is 0. The summed E-state index contributed by atoms with van der Waals surface area (Å²) >= 11 is 0. The Kier molecular flexibility index (Phi) is 2160. The van der Waals surface area contributed by atoms with Crippen molar-refractivity contribution in [3.05, 3.63) is 0 Å². The van der Waals surface area contributed by atoms with Crippen molar-refractivity contribution >= 4 is 0 Å². The van der Waals surface area contributed by atoms with Gasteiger partial charge in [-0.15, -0.1) is 0 Å². The molecule has 0 aliphatic rings. The van der Waals surface area contributed by atoms with Gasteiger partial charge in [-0.2, -0.15) is 0 Å². The van der Waals surface area contributed by atoms with Crippen LogP contribution < -0.4 is 0 Å². The van der Waals surface area contributed by atoms with Crippen LogP contribution in [0.3, 0.4) is 0 Å². The van der Waals surface area contributed by atoms with Crippen molar-refractivity contribution in [3.8, 4) is 0 Å². The Morgan fingerprint density at radius 2 is 0.0500 bits per heavy atom. The molecule has 0 saturated heterocycles. The first-order valence-corrected chi connectivity index (χ1v) is 0. The molecule has 0 aliphatic carbocycles. The number of hydrogen-bond donors (Lipinski definition) is 0. The predicted octanol–water partition coefficient (Wildman–Crippen LogP) is -0.0500. The first-order chi connectivity index (χ1) is 0. The minimum Gasteiger partial charge on any atom is 0 e. The molecule has 0 heterocycles. The van der Waals surface area contributed by atoms with Gasteiger partial charge in [-0.1, -0.05) is 0 Å². The molecule has 0 aromatic heterocycles. The van der Waals surface area contributed by atoms with Crippen LogP contribution in [0.4, 0.5) is 0 Å². The van der Waals surface area contributed by atoms with Gasteiger partial charge in [0.25, 0.3) is 0 Å². The van der Waals surface area contributed by atoms with Gasteiger partial charge in [0.1, 0.15) is 0 Å². The van der Waals surface area contributed by atoms with Gasteiger partial charge >= 0.3 is 0 Å². The van der Waals surface area contributed by atoms with E-state index in [1.165, 1.54) is 0 Å². The molecule has 0 unspecified atom stereocenters. The van der Waals surface area contributed by atoms with Crippen molar-refractivity contribution in [2.75, 3.05) is 0 Å². The third-order valence-corrected chi connectivity index (χ3v) is 0. The number of hydrogen-bond acceptors (Lipinski definition) is 0. The Morgan fingerprint density at radius 3 is 0.0500 bits per heavy atom. The van der Waals surface area contributed by atoms with Crippen LogP contribution in [0.1, 0.15) is 0 Å². The quantitative estimate of drug-likeness (QED) is 0.320. The summed E-state index contributed by atoms with van der Waals surface area (Å²) in [5, 5.41) is 0. The number of rotatable bonds is 0. The van der Waals surface area contributed by atoms with Crippen molar-refractivity contribution in [2.24, 2.45) is 0 Å². The van der Waals surface area contributed by atoms with E-state index in [9.17, 15) is 0 Å². The minimum atomic E-state index is 0. The molecule has 20 heavy (non-hydrogen) atoms.